The number of rotatable bonds is 1. The number of anilines is 1. The summed E-state index contributed by atoms with van der Waals surface area (Å²) in [6.07, 6.45) is 1.63. The molecule has 0 atom stereocenters. The van der Waals surface area contributed by atoms with Gasteiger partial charge in [0.15, 0.2) is 0 Å². The van der Waals surface area contributed by atoms with Crippen LogP contribution in [0.2, 0.25) is 0 Å². The molecule has 0 saturated heterocycles. The molecule has 2 heterocycles. The monoisotopic (exact) mass is 242 g/mol. The Labute approximate surface area is 102 Å². The lowest BCUT2D eigenvalue weighted by molar-refractivity contribution is -0.384. The molecule has 3 aromatic rings. The van der Waals surface area contributed by atoms with E-state index >= 15 is 0 Å². The van der Waals surface area contributed by atoms with Crippen LogP contribution in [0.25, 0.3) is 21.8 Å². The number of nitro groups is 1. The van der Waals surface area contributed by atoms with Gasteiger partial charge in [-0.05, 0) is 12.1 Å². The normalized spacial score (nSPS) is 11.2. The Bertz CT molecular complexity index is 791. The van der Waals surface area contributed by atoms with Gasteiger partial charge in [-0.15, -0.1) is 0 Å². The zero-order valence-corrected chi connectivity index (χ0v) is 9.62. The van der Waals surface area contributed by atoms with Crippen molar-refractivity contribution in [3.8, 4) is 0 Å². The maximum Gasteiger partial charge on any atom is 0.270 e. The maximum absolute atomic E-state index is 10.8. The third kappa shape index (κ3) is 1.26. The first-order valence-corrected chi connectivity index (χ1v) is 5.36. The van der Waals surface area contributed by atoms with Crippen LogP contribution in [0.15, 0.2) is 30.5 Å². The molecule has 0 fully saturated rings. The largest absolute Gasteiger partial charge is 0.383 e. The molecular weight excluding hydrogens is 232 g/mol. The lowest BCUT2D eigenvalue weighted by Crippen LogP contribution is -1.91. The first-order chi connectivity index (χ1) is 8.59. The summed E-state index contributed by atoms with van der Waals surface area (Å²) in [6.45, 7) is 0. The van der Waals surface area contributed by atoms with Crippen molar-refractivity contribution in [3.05, 3.63) is 40.6 Å². The summed E-state index contributed by atoms with van der Waals surface area (Å²) in [5.41, 5.74) is 7.73. The van der Waals surface area contributed by atoms with E-state index in [0.717, 1.165) is 21.8 Å². The number of benzene rings is 1. The van der Waals surface area contributed by atoms with Crippen molar-refractivity contribution in [2.75, 3.05) is 5.73 Å². The van der Waals surface area contributed by atoms with Crippen molar-refractivity contribution in [3.63, 3.8) is 0 Å². The predicted molar refractivity (Wildman–Crippen MR) is 69.3 cm³/mol. The van der Waals surface area contributed by atoms with Gasteiger partial charge in [-0.1, -0.05) is 0 Å². The average molecular weight is 242 g/mol. The third-order valence-electron chi connectivity index (χ3n) is 3.14. The Morgan fingerprint density at radius 2 is 2.11 bits per heavy atom. The van der Waals surface area contributed by atoms with Gasteiger partial charge in [-0.25, -0.2) is 4.98 Å². The number of nitrogen functional groups attached to an aromatic ring is 1. The number of aromatic nitrogens is 2. The smallest absolute Gasteiger partial charge is 0.270 e. The quantitative estimate of drug-likeness (QED) is 0.523. The number of non-ortho nitro benzene ring substituents is 1. The van der Waals surface area contributed by atoms with Crippen LogP contribution in [0.3, 0.4) is 0 Å². The lowest BCUT2D eigenvalue weighted by atomic mass is 10.1. The highest BCUT2D eigenvalue weighted by molar-refractivity contribution is 6.13. The number of hydrogen-bond donors (Lipinski definition) is 1. The molecule has 0 spiro atoms. The molecule has 0 aliphatic carbocycles. The Morgan fingerprint density at radius 1 is 1.33 bits per heavy atom. The van der Waals surface area contributed by atoms with Gasteiger partial charge in [0, 0.05) is 41.7 Å². The standard InChI is InChI=1S/C12H10N4O2/c1-15-9-3-2-7(16(17)18)6-8(9)11-10(15)4-5-14-12(11)13/h2-6H,1H3,(H2,13,14). The van der Waals surface area contributed by atoms with Crippen molar-refractivity contribution in [1.29, 1.82) is 0 Å². The first-order valence-electron chi connectivity index (χ1n) is 5.36. The van der Waals surface area contributed by atoms with Crippen LogP contribution >= 0.6 is 0 Å². The molecule has 0 unspecified atom stereocenters. The van der Waals surface area contributed by atoms with E-state index in [1.54, 1.807) is 12.3 Å². The third-order valence-corrected chi connectivity index (χ3v) is 3.14. The highest BCUT2D eigenvalue weighted by Crippen LogP contribution is 2.33. The van der Waals surface area contributed by atoms with E-state index in [0.29, 0.717) is 5.82 Å². The lowest BCUT2D eigenvalue weighted by Gasteiger charge is -1.97. The van der Waals surface area contributed by atoms with Crippen LogP contribution in [0.4, 0.5) is 11.5 Å². The van der Waals surface area contributed by atoms with Crippen molar-refractivity contribution in [1.82, 2.24) is 9.55 Å². The first kappa shape index (κ1) is 10.5. The number of fused-ring (bicyclic) bond motifs is 3. The molecule has 90 valence electrons. The number of aryl methyl sites for hydroxylation is 1. The van der Waals surface area contributed by atoms with Crippen LogP contribution in [-0.4, -0.2) is 14.5 Å². The number of nitrogens with two attached hydrogens (primary N) is 1. The van der Waals surface area contributed by atoms with E-state index in [1.165, 1.54) is 12.1 Å². The molecule has 0 aliphatic heterocycles. The molecular formula is C12H10N4O2. The van der Waals surface area contributed by atoms with Gasteiger partial charge in [0.1, 0.15) is 5.82 Å². The highest BCUT2D eigenvalue weighted by Gasteiger charge is 2.14. The summed E-state index contributed by atoms with van der Waals surface area (Å²) >= 11 is 0. The molecule has 0 saturated carbocycles. The second-order valence-corrected chi connectivity index (χ2v) is 4.11. The van der Waals surface area contributed by atoms with Crippen molar-refractivity contribution < 1.29 is 4.92 Å². The topological polar surface area (TPSA) is 87.0 Å². The van der Waals surface area contributed by atoms with Gasteiger partial charge in [0.2, 0.25) is 0 Å². The Kier molecular flexibility index (Phi) is 2.00. The van der Waals surface area contributed by atoms with Crippen LogP contribution in [-0.2, 0) is 7.05 Å². The van der Waals surface area contributed by atoms with E-state index in [2.05, 4.69) is 4.98 Å². The minimum atomic E-state index is -0.412. The van der Waals surface area contributed by atoms with Crippen LogP contribution < -0.4 is 5.73 Å². The SMILES string of the molecule is Cn1c2ccc([N+](=O)[O-])cc2c2c(N)nccc21. The Balaban J connectivity index is 2.54. The zero-order valence-electron chi connectivity index (χ0n) is 9.62. The van der Waals surface area contributed by atoms with E-state index < -0.39 is 4.92 Å². The average Bonchev–Trinajstić information content (AvgIpc) is 2.64. The number of hydrogen-bond acceptors (Lipinski definition) is 4. The Morgan fingerprint density at radius 3 is 2.83 bits per heavy atom. The molecule has 2 aromatic heterocycles. The van der Waals surface area contributed by atoms with Gasteiger partial charge in [-0.2, -0.15) is 0 Å². The van der Waals surface area contributed by atoms with Gasteiger partial charge in [0.25, 0.3) is 5.69 Å². The Hall–Kier alpha value is -2.63. The minimum absolute atomic E-state index is 0.0539. The summed E-state index contributed by atoms with van der Waals surface area (Å²) in [5, 5.41) is 12.3. The van der Waals surface area contributed by atoms with Crippen molar-refractivity contribution >= 4 is 33.3 Å². The van der Waals surface area contributed by atoms with E-state index in [4.69, 9.17) is 5.73 Å². The molecule has 0 aliphatic rings. The van der Waals surface area contributed by atoms with E-state index in [-0.39, 0.29) is 5.69 Å². The molecule has 6 nitrogen and oxygen atoms in total. The van der Waals surface area contributed by atoms with Crippen LogP contribution in [0.5, 0.6) is 0 Å². The second kappa shape index (κ2) is 3.43. The highest BCUT2D eigenvalue weighted by atomic mass is 16.6. The van der Waals surface area contributed by atoms with Crippen LogP contribution in [0.1, 0.15) is 0 Å². The molecule has 3 rings (SSSR count). The van der Waals surface area contributed by atoms with Crippen molar-refractivity contribution in [2.45, 2.75) is 0 Å². The fraction of sp³-hybridized carbons (Fsp3) is 0.0833. The zero-order chi connectivity index (χ0) is 12.9. The molecule has 0 bridgehead atoms. The van der Waals surface area contributed by atoms with Crippen molar-refractivity contribution in [2.24, 2.45) is 7.05 Å². The predicted octanol–water partition coefficient (Wildman–Crippen LogP) is 2.22. The molecule has 0 radical (unpaired) electrons. The van der Waals surface area contributed by atoms with E-state index in [9.17, 15) is 10.1 Å². The summed E-state index contributed by atoms with van der Waals surface area (Å²) in [5.74, 6) is 0.388. The van der Waals surface area contributed by atoms with Gasteiger partial charge in [0.05, 0.1) is 10.4 Å². The fourth-order valence-electron chi connectivity index (χ4n) is 2.28. The maximum atomic E-state index is 10.8. The van der Waals surface area contributed by atoms with E-state index in [1.807, 2.05) is 17.7 Å². The number of nitro benzene ring substituents is 1. The van der Waals surface area contributed by atoms with Gasteiger partial charge in [-0.3, -0.25) is 10.1 Å². The summed E-state index contributed by atoms with van der Waals surface area (Å²) in [4.78, 5) is 14.5. The molecule has 6 heteroatoms. The van der Waals surface area contributed by atoms with Gasteiger partial charge < -0.3 is 10.3 Å². The molecule has 18 heavy (non-hydrogen) atoms. The second-order valence-electron chi connectivity index (χ2n) is 4.11. The molecule has 0 amide bonds. The summed E-state index contributed by atoms with van der Waals surface area (Å²) in [6, 6.07) is 6.60. The van der Waals surface area contributed by atoms with Gasteiger partial charge >= 0.3 is 0 Å². The minimum Gasteiger partial charge on any atom is -0.383 e. The van der Waals surface area contributed by atoms with Crippen LogP contribution in [0, 0.1) is 10.1 Å². The number of nitrogens with zero attached hydrogens (tertiary/aromatic N) is 3. The molecule has 1 aromatic carbocycles. The molecule has 2 N–H and O–H groups in total. The number of pyridine rings is 1. The fourth-order valence-corrected chi connectivity index (χ4v) is 2.28. The summed E-state index contributed by atoms with van der Waals surface area (Å²) < 4.78 is 1.95. The summed E-state index contributed by atoms with van der Waals surface area (Å²) in [7, 11) is 1.90.